The number of unbranched alkanes of at least 4 members (excludes halogenated alkanes) is 9. The molecular formula is C25H44ClN. The number of hydrogen-bond acceptors (Lipinski definition) is 0. The average molecular weight is 394 g/mol. The molecule has 0 spiro atoms. The van der Waals surface area contributed by atoms with Gasteiger partial charge in [-0.2, -0.15) is 0 Å². The van der Waals surface area contributed by atoms with Crippen LogP contribution in [0.25, 0.3) is 0 Å². The van der Waals surface area contributed by atoms with Gasteiger partial charge < -0.3 is 16.9 Å². The molecule has 27 heavy (non-hydrogen) atoms. The lowest BCUT2D eigenvalue weighted by atomic mass is 10.1. The van der Waals surface area contributed by atoms with Crippen LogP contribution in [0, 0.1) is 0 Å². The predicted molar refractivity (Wildman–Crippen MR) is 118 cm³/mol. The van der Waals surface area contributed by atoms with Gasteiger partial charge in [0.1, 0.15) is 0 Å². The molecule has 0 aliphatic rings. The fourth-order valence-corrected chi connectivity index (χ4v) is 3.90. The number of quaternary nitrogens is 1. The fourth-order valence-electron chi connectivity index (χ4n) is 3.90. The third-order valence-electron chi connectivity index (χ3n) is 5.63. The summed E-state index contributed by atoms with van der Waals surface area (Å²) in [6.07, 6.45) is 18.8. The smallest absolute Gasteiger partial charge is 0.0969 e. The van der Waals surface area contributed by atoms with Crippen LogP contribution in [0.1, 0.15) is 83.1 Å². The number of rotatable bonds is 17. The van der Waals surface area contributed by atoms with Crippen LogP contribution >= 0.6 is 0 Å². The Hall–Kier alpha value is -0.790. The number of nitrogens with zero attached hydrogens (tertiary/aromatic N) is 1. The van der Waals surface area contributed by atoms with Gasteiger partial charge in [0, 0.05) is 6.42 Å². The van der Waals surface area contributed by atoms with Gasteiger partial charge in [-0.3, -0.25) is 0 Å². The zero-order valence-corrected chi connectivity index (χ0v) is 18.9. The van der Waals surface area contributed by atoms with E-state index in [9.17, 15) is 0 Å². The summed E-state index contributed by atoms with van der Waals surface area (Å²) in [4.78, 5) is 0. The number of aryl methyl sites for hydroxylation is 1. The van der Waals surface area contributed by atoms with Gasteiger partial charge in [-0.1, -0.05) is 95.2 Å². The summed E-state index contributed by atoms with van der Waals surface area (Å²) in [5.74, 6) is 0. The van der Waals surface area contributed by atoms with E-state index >= 15 is 0 Å². The van der Waals surface area contributed by atoms with Crippen molar-refractivity contribution < 1.29 is 16.9 Å². The largest absolute Gasteiger partial charge is 1.00 e. The van der Waals surface area contributed by atoms with Crippen LogP contribution in [0.15, 0.2) is 43.0 Å². The molecule has 0 fully saturated rings. The third kappa shape index (κ3) is 13.9. The summed E-state index contributed by atoms with van der Waals surface area (Å²) in [5.41, 5.74) is 1.47. The highest BCUT2D eigenvalue weighted by Gasteiger charge is 2.18. The van der Waals surface area contributed by atoms with Crippen molar-refractivity contribution in [3.05, 3.63) is 48.6 Å². The van der Waals surface area contributed by atoms with E-state index in [1.807, 2.05) is 0 Å². The van der Waals surface area contributed by atoms with Crippen molar-refractivity contribution >= 4 is 0 Å². The van der Waals surface area contributed by atoms with Crippen molar-refractivity contribution in [2.45, 2.75) is 84.0 Å². The molecule has 0 saturated carbocycles. The van der Waals surface area contributed by atoms with Gasteiger partial charge in [-0.05, 0) is 30.9 Å². The molecule has 1 nitrogen and oxygen atoms in total. The first-order valence-corrected chi connectivity index (χ1v) is 11.2. The highest BCUT2D eigenvalue weighted by Crippen LogP contribution is 2.14. The highest BCUT2D eigenvalue weighted by atomic mass is 35.5. The summed E-state index contributed by atoms with van der Waals surface area (Å²) in [7, 11) is 2.42. The van der Waals surface area contributed by atoms with Crippen molar-refractivity contribution in [1.29, 1.82) is 0 Å². The average Bonchev–Trinajstić information content (AvgIpc) is 2.64. The van der Waals surface area contributed by atoms with Crippen LogP contribution in [0.3, 0.4) is 0 Å². The van der Waals surface area contributed by atoms with Crippen molar-refractivity contribution in [3.8, 4) is 0 Å². The molecule has 0 bridgehead atoms. The Kier molecular flexibility index (Phi) is 16.8. The van der Waals surface area contributed by atoms with Crippen molar-refractivity contribution in [1.82, 2.24) is 0 Å². The maximum atomic E-state index is 4.00. The summed E-state index contributed by atoms with van der Waals surface area (Å²) in [6.45, 7) is 9.96. The van der Waals surface area contributed by atoms with Gasteiger partial charge in [-0.15, -0.1) is 0 Å². The Morgan fingerprint density at radius 1 is 0.778 bits per heavy atom. The molecular weight excluding hydrogens is 350 g/mol. The Balaban J connectivity index is 0.00000676. The monoisotopic (exact) mass is 393 g/mol. The molecule has 0 heterocycles. The van der Waals surface area contributed by atoms with Crippen molar-refractivity contribution in [2.75, 3.05) is 26.7 Å². The lowest BCUT2D eigenvalue weighted by molar-refractivity contribution is -0.904. The molecule has 1 aromatic carbocycles. The normalized spacial score (nSPS) is 13.0. The molecule has 1 atom stereocenters. The van der Waals surface area contributed by atoms with Gasteiger partial charge >= 0.3 is 0 Å². The van der Waals surface area contributed by atoms with Gasteiger partial charge in [0.25, 0.3) is 0 Å². The second kappa shape index (κ2) is 17.3. The first-order chi connectivity index (χ1) is 12.7. The van der Waals surface area contributed by atoms with Gasteiger partial charge in [0.05, 0.1) is 26.7 Å². The summed E-state index contributed by atoms with van der Waals surface area (Å²) in [5, 5.41) is 0. The molecule has 1 rings (SSSR count). The summed E-state index contributed by atoms with van der Waals surface area (Å²) < 4.78 is 1.16. The Bertz CT molecular complexity index is 445. The van der Waals surface area contributed by atoms with Gasteiger partial charge in [0.2, 0.25) is 0 Å². The fraction of sp³-hybridized carbons (Fsp3) is 0.680. The quantitative estimate of drug-likeness (QED) is 0.211. The Morgan fingerprint density at radius 2 is 1.30 bits per heavy atom. The van der Waals surface area contributed by atoms with Crippen LogP contribution in [0.4, 0.5) is 0 Å². The van der Waals surface area contributed by atoms with Crippen molar-refractivity contribution in [3.63, 3.8) is 0 Å². The lowest BCUT2D eigenvalue weighted by Gasteiger charge is -2.34. The third-order valence-corrected chi connectivity index (χ3v) is 5.63. The first kappa shape index (κ1) is 26.2. The molecule has 0 radical (unpaired) electrons. The van der Waals surface area contributed by atoms with E-state index < -0.39 is 0 Å². The minimum Gasteiger partial charge on any atom is -1.00 e. The van der Waals surface area contributed by atoms with Crippen LogP contribution < -0.4 is 12.4 Å². The van der Waals surface area contributed by atoms with Crippen LogP contribution in [-0.4, -0.2) is 31.2 Å². The summed E-state index contributed by atoms with van der Waals surface area (Å²) in [6, 6.07) is 10.9. The second-order valence-corrected chi connectivity index (χ2v) is 8.31. The second-order valence-electron chi connectivity index (χ2n) is 8.31. The molecule has 0 amide bonds. The number of benzene rings is 1. The summed E-state index contributed by atoms with van der Waals surface area (Å²) >= 11 is 0. The van der Waals surface area contributed by atoms with Gasteiger partial charge in [0.15, 0.2) is 0 Å². The molecule has 2 heteroatoms. The molecule has 0 aliphatic heterocycles. The number of likely N-dealkylation sites (N-methyl/N-ethyl adjacent to an activating group) is 1. The first-order valence-electron chi connectivity index (χ1n) is 11.2. The Morgan fingerprint density at radius 3 is 1.85 bits per heavy atom. The predicted octanol–water partition coefficient (Wildman–Crippen LogP) is 4.18. The lowest BCUT2D eigenvalue weighted by Crippen LogP contribution is -3.00. The van der Waals surface area contributed by atoms with E-state index in [1.165, 1.54) is 95.7 Å². The van der Waals surface area contributed by atoms with Gasteiger partial charge in [-0.25, -0.2) is 0 Å². The minimum absolute atomic E-state index is 0. The molecule has 0 aromatic heterocycles. The van der Waals surface area contributed by atoms with Crippen molar-refractivity contribution in [2.24, 2.45) is 0 Å². The topological polar surface area (TPSA) is 0 Å². The van der Waals surface area contributed by atoms with E-state index in [4.69, 9.17) is 0 Å². The maximum absolute atomic E-state index is 4.00. The zero-order chi connectivity index (χ0) is 18.9. The van der Waals surface area contributed by atoms with Crippen LogP contribution in [-0.2, 0) is 6.42 Å². The molecule has 1 unspecified atom stereocenters. The number of halogens is 1. The Labute approximate surface area is 176 Å². The van der Waals surface area contributed by atoms with E-state index in [-0.39, 0.29) is 12.4 Å². The maximum Gasteiger partial charge on any atom is 0.0969 e. The standard InChI is InChI=1S/C25H44N.ClH/c1-4-6-7-8-9-10-11-12-13-17-23-26(3,22-5-2)24-18-21-25-19-15-14-16-20-25;/h5,14-16,19-20H,2,4,6-13,17-18,21-24H2,1,3H3;1H/q+1;/p-1. The molecule has 1 aromatic rings. The molecule has 156 valence electrons. The van der Waals surface area contributed by atoms with E-state index in [0.717, 1.165) is 11.0 Å². The van der Waals surface area contributed by atoms with Crippen LogP contribution in [0.5, 0.6) is 0 Å². The SMILES string of the molecule is C=CC[N+](C)(CCCCCCCCCCCC)CCCc1ccccc1.[Cl-]. The van der Waals surface area contributed by atoms with E-state index in [0.29, 0.717) is 0 Å². The van der Waals surface area contributed by atoms with E-state index in [1.54, 1.807) is 0 Å². The highest BCUT2D eigenvalue weighted by molar-refractivity contribution is 5.14. The minimum atomic E-state index is 0. The zero-order valence-electron chi connectivity index (χ0n) is 18.1. The van der Waals surface area contributed by atoms with E-state index in [2.05, 4.69) is 57.0 Å². The molecule has 0 saturated heterocycles. The molecule has 0 aliphatic carbocycles. The van der Waals surface area contributed by atoms with Crippen LogP contribution in [0.2, 0.25) is 0 Å². The number of hydrogen-bond donors (Lipinski definition) is 0. The molecule has 0 N–H and O–H groups in total.